The summed E-state index contributed by atoms with van der Waals surface area (Å²) >= 11 is 4.88. The van der Waals surface area contributed by atoms with Crippen LogP contribution >= 0.6 is 12.2 Å². The maximum atomic E-state index is 13.6. The van der Waals surface area contributed by atoms with Crippen LogP contribution in [0, 0.1) is 11.7 Å². The van der Waals surface area contributed by atoms with E-state index in [2.05, 4.69) is 30.8 Å². The van der Waals surface area contributed by atoms with Gasteiger partial charge >= 0.3 is 0 Å². The van der Waals surface area contributed by atoms with E-state index in [1.807, 2.05) is 6.07 Å². The van der Waals surface area contributed by atoms with Gasteiger partial charge in [-0.1, -0.05) is 25.2 Å². The fourth-order valence-corrected chi connectivity index (χ4v) is 3.12. The van der Waals surface area contributed by atoms with Crippen molar-refractivity contribution in [2.45, 2.75) is 19.5 Å². The van der Waals surface area contributed by atoms with Gasteiger partial charge < -0.3 is 10.6 Å². The van der Waals surface area contributed by atoms with Crippen molar-refractivity contribution in [2.24, 2.45) is 11.7 Å². The molecular weight excluding hydrogens is 273 g/mol. The molecule has 0 saturated carbocycles. The van der Waals surface area contributed by atoms with E-state index in [4.69, 9.17) is 18.0 Å². The second-order valence-corrected chi connectivity index (χ2v) is 6.32. The zero-order chi connectivity index (χ0) is 14.9. The summed E-state index contributed by atoms with van der Waals surface area (Å²) in [4.78, 5) is 4.78. The van der Waals surface area contributed by atoms with Crippen molar-refractivity contribution >= 4 is 17.2 Å². The van der Waals surface area contributed by atoms with E-state index >= 15 is 0 Å². The highest BCUT2D eigenvalue weighted by atomic mass is 32.1. The van der Waals surface area contributed by atoms with Gasteiger partial charge in [0.25, 0.3) is 0 Å². The summed E-state index contributed by atoms with van der Waals surface area (Å²) in [6.07, 6.45) is 0. The van der Waals surface area contributed by atoms with Crippen LogP contribution in [0.4, 0.5) is 4.39 Å². The first-order valence-corrected chi connectivity index (χ1v) is 7.26. The molecular formula is C15H22FN3S. The van der Waals surface area contributed by atoms with E-state index < -0.39 is 0 Å². The van der Waals surface area contributed by atoms with Crippen LogP contribution in [-0.4, -0.2) is 48.0 Å². The van der Waals surface area contributed by atoms with Crippen LogP contribution in [0.1, 0.15) is 18.1 Å². The Balaban J connectivity index is 2.08. The van der Waals surface area contributed by atoms with Crippen LogP contribution < -0.4 is 5.73 Å². The van der Waals surface area contributed by atoms with E-state index in [1.165, 1.54) is 6.07 Å². The molecule has 1 aromatic carbocycles. The third kappa shape index (κ3) is 3.34. The number of nitrogens with two attached hydrogens (primary N) is 1. The summed E-state index contributed by atoms with van der Waals surface area (Å²) in [6.45, 7) is 5.18. The lowest BCUT2D eigenvalue weighted by atomic mass is 10.1. The Labute approximate surface area is 125 Å². The first kappa shape index (κ1) is 15.4. The molecule has 5 heteroatoms. The van der Waals surface area contributed by atoms with Crippen molar-refractivity contribution < 1.29 is 4.39 Å². The van der Waals surface area contributed by atoms with Crippen molar-refractivity contribution in [3.8, 4) is 0 Å². The van der Waals surface area contributed by atoms with Crippen LogP contribution in [0.15, 0.2) is 18.2 Å². The maximum Gasteiger partial charge on any atom is 0.133 e. The molecule has 1 heterocycles. The Morgan fingerprint density at radius 1 is 1.45 bits per heavy atom. The van der Waals surface area contributed by atoms with E-state index in [1.54, 1.807) is 6.07 Å². The number of likely N-dealkylation sites (N-methyl/N-ethyl adjacent to an activating group) is 1. The molecule has 20 heavy (non-hydrogen) atoms. The number of hydrogen-bond donors (Lipinski definition) is 1. The van der Waals surface area contributed by atoms with Gasteiger partial charge in [0.1, 0.15) is 10.8 Å². The highest BCUT2D eigenvalue weighted by molar-refractivity contribution is 7.80. The van der Waals surface area contributed by atoms with Crippen molar-refractivity contribution in [1.29, 1.82) is 0 Å². The summed E-state index contributed by atoms with van der Waals surface area (Å²) in [5, 5.41) is 0. The largest absolute Gasteiger partial charge is 0.389 e. The smallest absolute Gasteiger partial charge is 0.133 e. The molecule has 0 radical (unpaired) electrons. The van der Waals surface area contributed by atoms with Gasteiger partial charge in [-0.2, -0.15) is 0 Å². The third-order valence-electron chi connectivity index (χ3n) is 4.01. The van der Waals surface area contributed by atoms with Crippen molar-refractivity contribution in [1.82, 2.24) is 9.80 Å². The number of benzene rings is 1. The van der Waals surface area contributed by atoms with Gasteiger partial charge in [-0.3, -0.25) is 4.90 Å². The highest BCUT2D eigenvalue weighted by Crippen LogP contribution is 2.22. The Morgan fingerprint density at radius 3 is 2.70 bits per heavy atom. The first-order chi connectivity index (χ1) is 9.38. The van der Waals surface area contributed by atoms with Crippen LogP contribution in [0.3, 0.4) is 0 Å². The molecule has 1 aliphatic rings. The van der Waals surface area contributed by atoms with Gasteiger partial charge in [-0.05, 0) is 37.7 Å². The van der Waals surface area contributed by atoms with Gasteiger partial charge in [0, 0.05) is 31.2 Å². The van der Waals surface area contributed by atoms with Gasteiger partial charge in [0.2, 0.25) is 0 Å². The van der Waals surface area contributed by atoms with Crippen LogP contribution in [0.5, 0.6) is 0 Å². The Morgan fingerprint density at radius 2 is 2.15 bits per heavy atom. The average Bonchev–Trinajstić information content (AvgIpc) is 2.72. The summed E-state index contributed by atoms with van der Waals surface area (Å²) in [5.41, 5.74) is 6.94. The minimum atomic E-state index is -0.345. The monoisotopic (exact) mass is 295 g/mol. The number of rotatable bonds is 4. The lowest BCUT2D eigenvalue weighted by Crippen LogP contribution is -2.34. The SMILES string of the molecule is CC1CN(Cc2ccc(F)c(C(N)=S)c2)CC1N(C)C. The summed E-state index contributed by atoms with van der Waals surface area (Å²) in [7, 11) is 4.24. The van der Waals surface area contributed by atoms with Crippen molar-refractivity contribution in [2.75, 3.05) is 27.2 Å². The molecule has 2 rings (SSSR count). The standard InChI is InChI=1S/C15H22FN3S/c1-10-7-19(9-14(10)18(2)3)8-11-4-5-13(16)12(6-11)15(17)20/h4-6,10,14H,7-9H2,1-3H3,(H2,17,20). The minimum Gasteiger partial charge on any atom is -0.389 e. The van der Waals surface area contributed by atoms with Gasteiger partial charge in [-0.15, -0.1) is 0 Å². The molecule has 0 amide bonds. The lowest BCUT2D eigenvalue weighted by Gasteiger charge is -2.22. The lowest BCUT2D eigenvalue weighted by molar-refractivity contribution is 0.250. The van der Waals surface area contributed by atoms with Crippen LogP contribution in [-0.2, 0) is 6.54 Å². The predicted molar refractivity (Wildman–Crippen MR) is 84.2 cm³/mol. The first-order valence-electron chi connectivity index (χ1n) is 6.85. The summed E-state index contributed by atoms with van der Waals surface area (Å²) in [6, 6.07) is 5.61. The summed E-state index contributed by atoms with van der Waals surface area (Å²) < 4.78 is 13.6. The van der Waals surface area contributed by atoms with Gasteiger partial charge in [0.15, 0.2) is 0 Å². The fourth-order valence-electron chi connectivity index (χ4n) is 2.97. The second-order valence-electron chi connectivity index (χ2n) is 5.88. The molecule has 0 aromatic heterocycles. The van der Waals surface area contributed by atoms with E-state index in [0.29, 0.717) is 17.5 Å². The second kappa shape index (κ2) is 6.16. The number of halogens is 1. The van der Waals surface area contributed by atoms with E-state index in [0.717, 1.165) is 25.2 Å². The zero-order valence-corrected chi connectivity index (χ0v) is 13.1. The Kier molecular flexibility index (Phi) is 4.73. The summed E-state index contributed by atoms with van der Waals surface area (Å²) in [5.74, 6) is 0.294. The van der Waals surface area contributed by atoms with Gasteiger partial charge in [0.05, 0.1) is 0 Å². The molecule has 110 valence electrons. The Hall–Kier alpha value is -1.04. The van der Waals surface area contributed by atoms with Crippen LogP contribution in [0.25, 0.3) is 0 Å². The zero-order valence-electron chi connectivity index (χ0n) is 12.3. The molecule has 0 spiro atoms. The molecule has 1 fully saturated rings. The molecule has 2 atom stereocenters. The minimum absolute atomic E-state index is 0.116. The molecule has 1 saturated heterocycles. The topological polar surface area (TPSA) is 32.5 Å². The molecule has 1 aliphatic heterocycles. The molecule has 0 aliphatic carbocycles. The normalized spacial score (nSPS) is 23.4. The highest BCUT2D eigenvalue weighted by Gasteiger charge is 2.30. The molecule has 1 aromatic rings. The molecule has 3 nitrogen and oxygen atoms in total. The molecule has 2 N–H and O–H groups in total. The van der Waals surface area contributed by atoms with E-state index in [-0.39, 0.29) is 10.8 Å². The van der Waals surface area contributed by atoms with E-state index in [9.17, 15) is 4.39 Å². The van der Waals surface area contributed by atoms with Crippen LogP contribution in [0.2, 0.25) is 0 Å². The Bertz CT molecular complexity index is 504. The number of likely N-dealkylation sites (tertiary alicyclic amines) is 1. The van der Waals surface area contributed by atoms with Gasteiger partial charge in [-0.25, -0.2) is 4.39 Å². The maximum absolute atomic E-state index is 13.6. The number of hydrogen-bond acceptors (Lipinski definition) is 3. The van der Waals surface area contributed by atoms with Crippen molar-refractivity contribution in [3.05, 3.63) is 35.1 Å². The molecule has 2 unspecified atom stereocenters. The number of nitrogens with zero attached hydrogens (tertiary/aromatic N) is 2. The third-order valence-corrected chi connectivity index (χ3v) is 4.23. The average molecular weight is 295 g/mol. The fraction of sp³-hybridized carbons (Fsp3) is 0.533. The quantitative estimate of drug-likeness (QED) is 0.859. The van der Waals surface area contributed by atoms with Crippen molar-refractivity contribution in [3.63, 3.8) is 0 Å². The molecule has 0 bridgehead atoms. The number of thiocarbonyl (C=S) groups is 1. The predicted octanol–water partition coefficient (Wildman–Crippen LogP) is 1.84.